The lowest BCUT2D eigenvalue weighted by Gasteiger charge is -2.08. The van der Waals surface area contributed by atoms with E-state index in [1.54, 1.807) is 38.1 Å². The molecule has 0 aliphatic carbocycles. The summed E-state index contributed by atoms with van der Waals surface area (Å²) in [5.74, 6) is -0.0288. The van der Waals surface area contributed by atoms with Crippen LogP contribution >= 0.6 is 44.8 Å². The van der Waals surface area contributed by atoms with Gasteiger partial charge in [-0.15, -0.1) is 0 Å². The van der Waals surface area contributed by atoms with Gasteiger partial charge in [0.2, 0.25) is 0 Å². The van der Waals surface area contributed by atoms with Crippen molar-refractivity contribution in [2.45, 2.75) is 33.4 Å². The van der Waals surface area contributed by atoms with E-state index in [2.05, 4.69) is 0 Å². The van der Waals surface area contributed by atoms with Crippen molar-refractivity contribution < 1.29 is 16.8 Å². The van der Waals surface area contributed by atoms with Crippen LogP contribution in [-0.4, -0.2) is 28.3 Å². The van der Waals surface area contributed by atoms with Gasteiger partial charge in [-0.05, 0) is 36.4 Å². The maximum Gasteiger partial charge on any atom is 0.179 e. The Morgan fingerprint density at radius 3 is 1.35 bits per heavy atom. The topological polar surface area (TPSA) is 68.3 Å². The molecule has 0 saturated carbocycles. The minimum absolute atomic E-state index is 0.0144. The normalized spacial score (nSPS) is 12.3. The van der Waals surface area contributed by atoms with Crippen molar-refractivity contribution in [2.24, 2.45) is 0 Å². The van der Waals surface area contributed by atoms with Crippen LogP contribution in [-0.2, 0) is 19.7 Å². The monoisotopic (exact) mass is 470 g/mol. The predicted molar refractivity (Wildman–Crippen MR) is 110 cm³/mol. The lowest BCUT2D eigenvalue weighted by molar-refractivity contribution is 0.595. The number of hydrogen-bond donors (Lipinski definition) is 0. The smallest absolute Gasteiger partial charge is 0.179 e. The van der Waals surface area contributed by atoms with Crippen LogP contribution in [0.25, 0.3) is 0 Å². The summed E-state index contributed by atoms with van der Waals surface area (Å²) in [7, 11) is -3.98. The Morgan fingerprint density at radius 2 is 1.08 bits per heavy atom. The average molecular weight is 471 g/mol. The highest BCUT2D eigenvalue weighted by molar-refractivity contribution is 8.76. The zero-order valence-electron chi connectivity index (χ0n) is 13.9. The third kappa shape index (κ3) is 5.11. The second kappa shape index (κ2) is 8.75. The molecule has 142 valence electrons. The molecule has 2 aromatic rings. The predicted octanol–water partition coefficient (Wildman–Crippen LogP) is 5.38. The van der Waals surface area contributed by atoms with Gasteiger partial charge in [-0.3, -0.25) is 0 Å². The van der Waals surface area contributed by atoms with Gasteiger partial charge < -0.3 is 0 Å². The molecule has 4 nitrogen and oxygen atoms in total. The minimum Gasteiger partial charge on any atom is -0.224 e. The first-order chi connectivity index (χ1) is 12.1. The van der Waals surface area contributed by atoms with Crippen LogP contribution in [0.2, 0.25) is 10.0 Å². The van der Waals surface area contributed by atoms with Gasteiger partial charge >= 0.3 is 0 Å². The molecule has 0 bridgehead atoms. The SMILES string of the molecule is CCS(=O)(=O)c1ccc(SSc2ccc(S(=O)(=O)CC)c(Cl)c2)cc1Cl. The molecule has 0 N–H and O–H groups in total. The Kier molecular flexibility index (Phi) is 7.38. The Labute approximate surface area is 171 Å². The molecular formula is C16H16Cl2O4S4. The molecule has 0 spiro atoms. The van der Waals surface area contributed by atoms with E-state index in [9.17, 15) is 16.8 Å². The lowest BCUT2D eigenvalue weighted by atomic mass is 10.4. The average Bonchev–Trinajstić information content (AvgIpc) is 2.59. The fourth-order valence-electron chi connectivity index (χ4n) is 1.98. The minimum atomic E-state index is -3.36. The van der Waals surface area contributed by atoms with E-state index in [-0.39, 0.29) is 31.3 Å². The standard InChI is InChI=1S/C16H16Cl2O4S4/c1-3-25(19,20)15-7-5-11(9-13(15)17)23-24-12-6-8-16(14(18)10-12)26(21,22)4-2/h5-10H,3-4H2,1-2H3. The largest absolute Gasteiger partial charge is 0.224 e. The van der Waals surface area contributed by atoms with Crippen LogP contribution < -0.4 is 0 Å². The first-order valence-corrected chi connectivity index (χ1v) is 13.7. The fourth-order valence-corrected chi connectivity index (χ4v) is 7.03. The quantitative estimate of drug-likeness (QED) is 0.505. The molecule has 2 aromatic carbocycles. The molecule has 0 radical (unpaired) electrons. The van der Waals surface area contributed by atoms with Crippen LogP contribution in [0.5, 0.6) is 0 Å². The van der Waals surface area contributed by atoms with Gasteiger partial charge in [0.1, 0.15) is 0 Å². The number of halogens is 2. The van der Waals surface area contributed by atoms with E-state index in [0.717, 1.165) is 9.79 Å². The molecular weight excluding hydrogens is 455 g/mol. The third-order valence-corrected chi connectivity index (χ3v) is 10.3. The van der Waals surface area contributed by atoms with Crippen molar-refractivity contribution in [3.05, 3.63) is 46.4 Å². The van der Waals surface area contributed by atoms with Crippen LogP contribution in [0.15, 0.2) is 56.0 Å². The molecule has 0 heterocycles. The maximum absolute atomic E-state index is 11.9. The van der Waals surface area contributed by atoms with E-state index in [1.165, 1.54) is 33.7 Å². The molecule has 0 unspecified atom stereocenters. The molecule has 26 heavy (non-hydrogen) atoms. The maximum atomic E-state index is 11.9. The summed E-state index contributed by atoms with van der Waals surface area (Å²) in [6, 6.07) is 9.55. The first kappa shape index (κ1) is 21.9. The van der Waals surface area contributed by atoms with E-state index in [1.807, 2.05) is 0 Å². The zero-order valence-corrected chi connectivity index (χ0v) is 18.7. The zero-order chi connectivity index (χ0) is 19.5. The molecule has 0 fully saturated rings. The van der Waals surface area contributed by atoms with E-state index in [0.29, 0.717) is 0 Å². The molecule has 10 heteroatoms. The Balaban J connectivity index is 2.17. The number of rotatable bonds is 7. The van der Waals surface area contributed by atoms with Gasteiger partial charge in [-0.1, -0.05) is 58.6 Å². The fraction of sp³-hybridized carbons (Fsp3) is 0.250. The van der Waals surface area contributed by atoms with Gasteiger partial charge in [-0.2, -0.15) is 0 Å². The van der Waals surface area contributed by atoms with Gasteiger partial charge in [0.05, 0.1) is 31.3 Å². The lowest BCUT2D eigenvalue weighted by Crippen LogP contribution is -2.04. The first-order valence-electron chi connectivity index (χ1n) is 7.50. The second-order valence-electron chi connectivity index (χ2n) is 5.16. The molecule has 0 aromatic heterocycles. The van der Waals surface area contributed by atoms with Crippen LogP contribution in [0, 0.1) is 0 Å². The van der Waals surface area contributed by atoms with Crippen molar-refractivity contribution in [1.82, 2.24) is 0 Å². The summed E-state index contributed by atoms with van der Waals surface area (Å²) < 4.78 is 47.7. The van der Waals surface area contributed by atoms with Crippen LogP contribution in [0.4, 0.5) is 0 Å². The molecule has 0 aliphatic rings. The summed E-state index contributed by atoms with van der Waals surface area (Å²) >= 11 is 12.2. The van der Waals surface area contributed by atoms with Crippen LogP contribution in [0.3, 0.4) is 0 Å². The summed E-state index contributed by atoms with van der Waals surface area (Å²) in [4.78, 5) is 1.79. The van der Waals surface area contributed by atoms with E-state index in [4.69, 9.17) is 23.2 Å². The van der Waals surface area contributed by atoms with Crippen molar-refractivity contribution in [3.8, 4) is 0 Å². The third-order valence-electron chi connectivity index (χ3n) is 3.47. The Morgan fingerprint density at radius 1 is 0.731 bits per heavy atom. The molecule has 0 amide bonds. The van der Waals surface area contributed by atoms with Crippen molar-refractivity contribution in [2.75, 3.05) is 11.5 Å². The number of benzene rings is 2. The van der Waals surface area contributed by atoms with E-state index >= 15 is 0 Å². The summed E-state index contributed by atoms with van der Waals surface area (Å²) in [5.41, 5.74) is 0. The van der Waals surface area contributed by atoms with Crippen molar-refractivity contribution in [3.63, 3.8) is 0 Å². The molecule has 0 aliphatic heterocycles. The van der Waals surface area contributed by atoms with E-state index < -0.39 is 19.7 Å². The van der Waals surface area contributed by atoms with Gasteiger partial charge in [0.15, 0.2) is 19.7 Å². The second-order valence-corrected chi connectivity index (χ2v) is 12.7. The van der Waals surface area contributed by atoms with Gasteiger partial charge in [0, 0.05) is 9.79 Å². The molecule has 2 rings (SSSR count). The van der Waals surface area contributed by atoms with Crippen molar-refractivity contribution in [1.29, 1.82) is 0 Å². The number of hydrogen-bond acceptors (Lipinski definition) is 6. The number of sulfone groups is 2. The molecule has 0 saturated heterocycles. The Bertz CT molecular complexity index is 935. The van der Waals surface area contributed by atoms with Crippen LogP contribution in [0.1, 0.15) is 13.8 Å². The summed E-state index contributed by atoms with van der Waals surface area (Å²) in [6.07, 6.45) is 0. The highest BCUT2D eigenvalue weighted by Gasteiger charge is 2.17. The Hall–Kier alpha value is -0.380. The van der Waals surface area contributed by atoms with Gasteiger partial charge in [-0.25, -0.2) is 16.8 Å². The highest BCUT2D eigenvalue weighted by Crippen LogP contribution is 2.41. The van der Waals surface area contributed by atoms with Gasteiger partial charge in [0.25, 0.3) is 0 Å². The van der Waals surface area contributed by atoms with Crippen molar-refractivity contribution >= 4 is 64.5 Å². The summed E-state index contributed by atoms with van der Waals surface area (Å²) in [6.45, 7) is 3.13. The summed E-state index contributed by atoms with van der Waals surface area (Å²) in [5, 5.41) is 0.361. The molecule has 0 atom stereocenters. The highest BCUT2D eigenvalue weighted by atomic mass is 35.5.